The second kappa shape index (κ2) is 13.4. The van der Waals surface area contributed by atoms with E-state index in [0.717, 1.165) is 0 Å². The smallest absolute Gasteiger partial charge is 0.358 e. The Labute approximate surface area is 299 Å². The Morgan fingerprint density at radius 1 is 0.500 bits per heavy atom. The third kappa shape index (κ3) is 6.76. The van der Waals surface area contributed by atoms with Crippen LogP contribution in [0.4, 0.5) is 0 Å². The van der Waals surface area contributed by atoms with Gasteiger partial charge >= 0.3 is 25.8 Å². The van der Waals surface area contributed by atoms with Crippen LogP contribution in [-0.2, 0) is 36.7 Å². The molecule has 0 radical (unpaired) electrons. The monoisotopic (exact) mass is 788 g/mol. The van der Waals surface area contributed by atoms with Gasteiger partial charge in [-0.25, -0.2) is 0 Å². The van der Waals surface area contributed by atoms with E-state index in [1.54, 1.807) is 0 Å². The molecule has 0 atom stereocenters. The van der Waals surface area contributed by atoms with Gasteiger partial charge < -0.3 is 14.9 Å². The topological polar surface area (TPSA) is 0 Å². The summed E-state index contributed by atoms with van der Waals surface area (Å²) in [7, 11) is -1.96. The number of aryl methyl sites for hydroxylation is 2. The summed E-state index contributed by atoms with van der Waals surface area (Å²) in [5.74, 6) is 0. The maximum absolute atomic E-state index is 2.52. The number of benzene rings is 4. The first-order valence-corrected chi connectivity index (χ1v) is 18.8. The Bertz CT molecular complexity index is 1840. The van der Waals surface area contributed by atoms with E-state index in [-0.39, 0.29) is 51.5 Å². The number of hydrogen-bond donors (Lipinski definition) is 0. The van der Waals surface area contributed by atoms with Crippen LogP contribution in [0.1, 0.15) is 63.8 Å². The summed E-state index contributed by atoms with van der Waals surface area (Å²) in [6.07, 6.45) is 0. The summed E-state index contributed by atoms with van der Waals surface area (Å²) >= 11 is 0. The van der Waals surface area contributed by atoms with Gasteiger partial charge in [-0.05, 0) is 58.1 Å². The van der Waals surface area contributed by atoms with Crippen LogP contribution in [0.25, 0.3) is 43.8 Å². The van der Waals surface area contributed by atoms with Gasteiger partial charge in [-0.3, -0.25) is 0 Å². The molecule has 2 heteroatoms. The molecule has 0 saturated carbocycles. The first kappa shape index (κ1) is 37.6. The van der Waals surface area contributed by atoms with E-state index < -0.39 is 8.07 Å². The average molecular weight is 787 g/mol. The van der Waals surface area contributed by atoms with E-state index >= 15 is 0 Å². The molecule has 0 aliphatic carbocycles. The van der Waals surface area contributed by atoms with Gasteiger partial charge in [0.15, 0.2) is 0 Å². The molecule has 0 unspecified atom stereocenters. The Morgan fingerprint density at radius 2 is 0.870 bits per heavy atom. The third-order valence-corrected chi connectivity index (χ3v) is 13.2. The summed E-state index contributed by atoms with van der Waals surface area (Å²) in [6.45, 7) is 23.3. The molecule has 0 fully saturated rings. The number of hydrogen-bond acceptors (Lipinski definition) is 0. The zero-order valence-corrected chi connectivity index (χ0v) is 34.8. The second-order valence-electron chi connectivity index (χ2n) is 15.3. The molecule has 0 saturated heterocycles. The molecule has 6 aromatic rings. The summed E-state index contributed by atoms with van der Waals surface area (Å²) in [5.41, 5.74) is 11.1. The third-order valence-electron chi connectivity index (χ3n) is 9.71. The maximum Gasteiger partial charge on any atom is 4.00 e. The summed E-state index contributed by atoms with van der Waals surface area (Å²) < 4.78 is 0. The first-order valence-electron chi connectivity index (χ1n) is 15.8. The van der Waals surface area contributed by atoms with Gasteiger partial charge in [0.05, 0.1) is 8.07 Å². The van der Waals surface area contributed by atoms with Gasteiger partial charge in [0, 0.05) is 0 Å². The molecule has 46 heavy (non-hydrogen) atoms. The zero-order chi connectivity index (χ0) is 30.9. The van der Waals surface area contributed by atoms with Crippen LogP contribution in [0.2, 0.25) is 13.1 Å². The molecule has 0 aromatic heterocycles. The van der Waals surface area contributed by atoms with Gasteiger partial charge in [0.1, 0.15) is 0 Å². The molecule has 0 N–H and O–H groups in total. The fourth-order valence-corrected chi connectivity index (χ4v) is 9.07. The van der Waals surface area contributed by atoms with Crippen LogP contribution in [0.3, 0.4) is 0 Å². The quantitative estimate of drug-likeness (QED) is 0.123. The summed E-state index contributed by atoms with van der Waals surface area (Å²) in [5, 5.41) is 8.44. The normalized spacial score (nSPS) is 12.0. The molecule has 0 bridgehead atoms. The molecule has 0 amide bonds. The predicted octanol–water partition coefficient (Wildman–Crippen LogP) is 11.7. The Kier molecular flexibility index (Phi) is 10.9. The molecule has 6 aromatic carbocycles. The van der Waals surface area contributed by atoms with Crippen LogP contribution in [0.5, 0.6) is 0 Å². The molecule has 6 rings (SSSR count). The number of rotatable bonds is 4. The van der Waals surface area contributed by atoms with Crippen LogP contribution in [-0.4, -0.2) is 8.07 Å². The number of fused-ring (bicyclic) bond motifs is 2. The van der Waals surface area contributed by atoms with Crippen molar-refractivity contribution in [2.24, 2.45) is 0 Å². The molecule has 236 valence electrons. The van der Waals surface area contributed by atoms with E-state index in [1.807, 2.05) is 0 Å². The van der Waals surface area contributed by atoms with Crippen molar-refractivity contribution in [2.75, 3.05) is 0 Å². The van der Waals surface area contributed by atoms with E-state index in [0.29, 0.717) is 0 Å². The molecule has 0 nitrogen and oxygen atoms in total. The van der Waals surface area contributed by atoms with E-state index in [2.05, 4.69) is 166 Å². The van der Waals surface area contributed by atoms with Crippen molar-refractivity contribution in [3.8, 4) is 22.3 Å². The van der Waals surface area contributed by atoms with E-state index in [9.17, 15) is 0 Å². The van der Waals surface area contributed by atoms with Crippen LogP contribution >= 0.6 is 0 Å². The predicted molar refractivity (Wildman–Crippen MR) is 206 cm³/mol. The van der Waals surface area contributed by atoms with Gasteiger partial charge in [-0.2, -0.15) is 12.1 Å². The van der Waals surface area contributed by atoms with E-state index in [4.69, 9.17) is 0 Å². The van der Waals surface area contributed by atoms with Gasteiger partial charge in [-0.15, -0.1) is 68.3 Å². The van der Waals surface area contributed by atoms with Crippen LogP contribution < -0.4 is 10.4 Å². The van der Waals surface area contributed by atoms with Crippen molar-refractivity contribution in [2.45, 2.75) is 79.3 Å². The van der Waals surface area contributed by atoms with Crippen LogP contribution in [0, 0.1) is 28.7 Å². The Morgan fingerprint density at radius 3 is 1.20 bits per heavy atom. The average Bonchev–Trinajstić information content (AvgIpc) is 3.58. The molecule has 0 aliphatic rings. The molecular formula is C44H52HfSi. The van der Waals surface area contributed by atoms with Gasteiger partial charge in [-0.1, -0.05) is 114 Å². The van der Waals surface area contributed by atoms with E-state index in [1.165, 1.54) is 76.4 Å². The fraction of sp³-hybridized carbons (Fsp3) is 0.273. The van der Waals surface area contributed by atoms with Crippen molar-refractivity contribution < 1.29 is 25.8 Å². The van der Waals surface area contributed by atoms with Crippen LogP contribution in [0.15, 0.2) is 97.1 Å². The Balaban J connectivity index is 0.00000192. The minimum Gasteiger partial charge on any atom is -0.358 e. The van der Waals surface area contributed by atoms with Crippen molar-refractivity contribution >= 4 is 40.0 Å². The van der Waals surface area contributed by atoms with Crippen molar-refractivity contribution in [1.82, 2.24) is 0 Å². The largest absolute Gasteiger partial charge is 4.00 e. The standard InChI is InChI=1S/C42H46Si.2CH3.Hf/c1-27-21-31(41(3,4)5)17-19-35(27)37-15-11-13-29-23-33(25-39(29)37)43(9,10)34-24-30-14-12-16-38(40(30)26-34)36-20-18-32(22-28(36)2)42(6,7)8;;;/h11-26H,1-10H3;2*1H3;/q-2;2*-1;+4. The Hall–Kier alpha value is -2.81. The summed E-state index contributed by atoms with van der Waals surface area (Å²) in [4.78, 5) is 0. The molecule has 0 heterocycles. The molecular weight excluding hydrogens is 735 g/mol. The minimum absolute atomic E-state index is 0. The fourth-order valence-electron chi connectivity index (χ4n) is 6.69. The molecule has 0 aliphatic heterocycles. The van der Waals surface area contributed by atoms with Gasteiger partial charge in [0.25, 0.3) is 0 Å². The first-order chi connectivity index (χ1) is 20.1. The van der Waals surface area contributed by atoms with Gasteiger partial charge in [0.2, 0.25) is 0 Å². The van der Waals surface area contributed by atoms with Crippen molar-refractivity contribution in [3.05, 3.63) is 134 Å². The second-order valence-corrected chi connectivity index (χ2v) is 19.7. The molecule has 0 spiro atoms. The maximum atomic E-state index is 2.52. The van der Waals surface area contributed by atoms with Crippen molar-refractivity contribution in [1.29, 1.82) is 0 Å². The summed E-state index contributed by atoms with van der Waals surface area (Å²) in [6, 6.07) is 37.6. The van der Waals surface area contributed by atoms with Crippen molar-refractivity contribution in [3.63, 3.8) is 0 Å². The SMILES string of the molecule is Cc1cc(C(C)(C)C)ccc1-c1cccc2[cH-]c([Si](C)(C)c3cc4c(-c5ccc(C(C)(C)C)cc5C)cccc4[cH-]3)cc12.[CH3-].[CH3-].[Hf+4]. The minimum atomic E-state index is -1.96. The zero-order valence-electron chi connectivity index (χ0n) is 30.2.